The standard InChI is InChI=1S/C9H9N.C7H16N2/c1-7-6-10-9-5-3-2-4-8(7)9;1-2-3-7-6-8-4-5-9-7/h2-6,10H,1H3;7-9H,2-6H2,1H3. The molecule has 0 radical (unpaired) electrons. The first-order valence-electron chi connectivity index (χ1n) is 7.28. The van der Waals surface area contributed by atoms with Crippen LogP contribution in [0.3, 0.4) is 0 Å². The molecule has 1 fully saturated rings. The zero-order valence-electron chi connectivity index (χ0n) is 12.0. The molecule has 1 aliphatic heterocycles. The number of hydrogen-bond donors (Lipinski definition) is 3. The quantitative estimate of drug-likeness (QED) is 0.776. The lowest BCUT2D eigenvalue weighted by Gasteiger charge is -2.23. The van der Waals surface area contributed by atoms with Crippen molar-refractivity contribution >= 4 is 10.9 Å². The van der Waals surface area contributed by atoms with Crippen LogP contribution in [0, 0.1) is 6.92 Å². The minimum atomic E-state index is 0.740. The Labute approximate surface area is 115 Å². The highest BCUT2D eigenvalue weighted by atomic mass is 15.0. The van der Waals surface area contributed by atoms with Gasteiger partial charge in [0.1, 0.15) is 0 Å². The van der Waals surface area contributed by atoms with Crippen molar-refractivity contribution in [1.29, 1.82) is 0 Å². The van der Waals surface area contributed by atoms with Crippen LogP contribution < -0.4 is 10.6 Å². The fourth-order valence-corrected chi connectivity index (χ4v) is 2.48. The minimum absolute atomic E-state index is 0.740. The second-order valence-corrected chi connectivity index (χ2v) is 5.16. The van der Waals surface area contributed by atoms with Gasteiger partial charge >= 0.3 is 0 Å². The predicted molar refractivity (Wildman–Crippen MR) is 82.6 cm³/mol. The molecule has 104 valence electrons. The summed E-state index contributed by atoms with van der Waals surface area (Å²) >= 11 is 0. The van der Waals surface area contributed by atoms with E-state index in [2.05, 4.69) is 47.7 Å². The maximum atomic E-state index is 3.46. The SMILES string of the molecule is CCCC1CNCCN1.Cc1c[nH]c2ccccc12. The number of benzene rings is 1. The highest BCUT2D eigenvalue weighted by Crippen LogP contribution is 2.15. The van der Waals surface area contributed by atoms with Gasteiger partial charge in [0.15, 0.2) is 0 Å². The minimum Gasteiger partial charge on any atom is -0.361 e. The molecule has 0 aliphatic carbocycles. The molecule has 1 aliphatic rings. The van der Waals surface area contributed by atoms with E-state index in [1.54, 1.807) is 0 Å². The molecule has 0 spiro atoms. The molecular formula is C16H25N3. The maximum Gasteiger partial charge on any atom is 0.0456 e. The smallest absolute Gasteiger partial charge is 0.0456 e. The summed E-state index contributed by atoms with van der Waals surface area (Å²) in [5, 5.41) is 8.14. The fourth-order valence-electron chi connectivity index (χ4n) is 2.48. The van der Waals surface area contributed by atoms with Crippen LogP contribution in [0.1, 0.15) is 25.3 Å². The number of fused-ring (bicyclic) bond motifs is 1. The Morgan fingerprint density at radius 2 is 2.05 bits per heavy atom. The number of aromatic amines is 1. The molecule has 3 N–H and O–H groups in total. The molecule has 0 amide bonds. The molecule has 0 bridgehead atoms. The highest BCUT2D eigenvalue weighted by Gasteiger charge is 2.08. The van der Waals surface area contributed by atoms with E-state index >= 15 is 0 Å². The molecule has 1 aromatic carbocycles. The Hall–Kier alpha value is -1.32. The maximum absolute atomic E-state index is 3.46. The number of aromatic nitrogens is 1. The van der Waals surface area contributed by atoms with Gasteiger partial charge in [-0.3, -0.25) is 0 Å². The zero-order chi connectivity index (χ0) is 13.5. The molecule has 3 heteroatoms. The molecular weight excluding hydrogens is 234 g/mol. The average Bonchev–Trinajstić information content (AvgIpc) is 2.84. The van der Waals surface area contributed by atoms with Gasteiger partial charge in [-0.1, -0.05) is 31.5 Å². The largest absolute Gasteiger partial charge is 0.361 e. The van der Waals surface area contributed by atoms with Crippen molar-refractivity contribution in [3.63, 3.8) is 0 Å². The van der Waals surface area contributed by atoms with Crippen LogP contribution in [0.25, 0.3) is 10.9 Å². The first-order valence-corrected chi connectivity index (χ1v) is 7.28. The van der Waals surface area contributed by atoms with Gasteiger partial charge in [0.25, 0.3) is 0 Å². The van der Waals surface area contributed by atoms with Gasteiger partial charge in [-0.25, -0.2) is 0 Å². The van der Waals surface area contributed by atoms with Crippen LogP contribution in [0.4, 0.5) is 0 Å². The molecule has 2 heterocycles. The van der Waals surface area contributed by atoms with E-state index in [0.29, 0.717) is 0 Å². The number of nitrogens with one attached hydrogen (secondary N) is 3. The Morgan fingerprint density at radius 3 is 2.74 bits per heavy atom. The topological polar surface area (TPSA) is 39.8 Å². The molecule has 3 rings (SSSR count). The average molecular weight is 259 g/mol. The summed E-state index contributed by atoms with van der Waals surface area (Å²) in [6, 6.07) is 9.05. The van der Waals surface area contributed by atoms with Gasteiger partial charge in [-0.2, -0.15) is 0 Å². The van der Waals surface area contributed by atoms with Gasteiger partial charge in [0, 0.05) is 42.8 Å². The van der Waals surface area contributed by atoms with E-state index in [-0.39, 0.29) is 0 Å². The lowest BCUT2D eigenvalue weighted by molar-refractivity contribution is 0.397. The predicted octanol–water partition coefficient (Wildman–Crippen LogP) is 2.82. The number of H-pyrrole nitrogens is 1. The Morgan fingerprint density at radius 1 is 1.21 bits per heavy atom. The van der Waals surface area contributed by atoms with Gasteiger partial charge < -0.3 is 15.6 Å². The Kier molecular flexibility index (Phi) is 5.43. The summed E-state index contributed by atoms with van der Waals surface area (Å²) in [7, 11) is 0. The highest BCUT2D eigenvalue weighted by molar-refractivity contribution is 5.82. The normalized spacial score (nSPS) is 18.9. The van der Waals surface area contributed by atoms with Gasteiger partial charge in [0.2, 0.25) is 0 Å². The van der Waals surface area contributed by atoms with Crippen LogP contribution in [-0.4, -0.2) is 30.7 Å². The number of piperazine rings is 1. The summed E-state index contributed by atoms with van der Waals surface area (Å²) < 4.78 is 0. The van der Waals surface area contributed by atoms with Crippen LogP contribution in [0.5, 0.6) is 0 Å². The third kappa shape index (κ3) is 4.08. The molecule has 1 aromatic heterocycles. The van der Waals surface area contributed by atoms with Crippen molar-refractivity contribution in [1.82, 2.24) is 15.6 Å². The molecule has 1 unspecified atom stereocenters. The van der Waals surface area contributed by atoms with Crippen molar-refractivity contribution in [2.24, 2.45) is 0 Å². The lowest BCUT2D eigenvalue weighted by Crippen LogP contribution is -2.48. The monoisotopic (exact) mass is 259 g/mol. The van der Waals surface area contributed by atoms with Crippen LogP contribution in [0.15, 0.2) is 30.5 Å². The fraction of sp³-hybridized carbons (Fsp3) is 0.500. The second-order valence-electron chi connectivity index (χ2n) is 5.16. The molecule has 1 atom stereocenters. The number of para-hydroxylation sites is 1. The number of rotatable bonds is 2. The van der Waals surface area contributed by atoms with Crippen molar-refractivity contribution in [2.75, 3.05) is 19.6 Å². The lowest BCUT2D eigenvalue weighted by atomic mass is 10.1. The Bertz CT molecular complexity index is 481. The summed E-state index contributed by atoms with van der Waals surface area (Å²) in [5.41, 5.74) is 2.54. The van der Waals surface area contributed by atoms with Crippen molar-refractivity contribution in [3.05, 3.63) is 36.0 Å². The molecule has 3 nitrogen and oxygen atoms in total. The second kappa shape index (κ2) is 7.31. The molecule has 2 aromatic rings. The van der Waals surface area contributed by atoms with E-state index in [1.807, 2.05) is 12.3 Å². The van der Waals surface area contributed by atoms with Gasteiger partial charge in [-0.15, -0.1) is 0 Å². The summed E-state index contributed by atoms with van der Waals surface area (Å²) in [5.74, 6) is 0. The van der Waals surface area contributed by atoms with Gasteiger partial charge in [-0.05, 0) is 25.0 Å². The van der Waals surface area contributed by atoms with Crippen LogP contribution in [-0.2, 0) is 0 Å². The molecule has 19 heavy (non-hydrogen) atoms. The molecule has 0 saturated carbocycles. The zero-order valence-corrected chi connectivity index (χ0v) is 12.0. The van der Waals surface area contributed by atoms with Crippen LogP contribution in [0.2, 0.25) is 0 Å². The van der Waals surface area contributed by atoms with E-state index in [1.165, 1.54) is 29.3 Å². The van der Waals surface area contributed by atoms with Crippen molar-refractivity contribution in [2.45, 2.75) is 32.7 Å². The first-order chi connectivity index (χ1) is 9.31. The Balaban J connectivity index is 0.000000141. The van der Waals surface area contributed by atoms with Crippen molar-refractivity contribution < 1.29 is 0 Å². The third-order valence-electron chi connectivity index (χ3n) is 3.56. The van der Waals surface area contributed by atoms with Crippen LogP contribution >= 0.6 is 0 Å². The summed E-state index contributed by atoms with van der Waals surface area (Å²) in [6.45, 7) is 7.79. The first kappa shape index (κ1) is 14.1. The van der Waals surface area contributed by atoms with E-state index < -0.39 is 0 Å². The summed E-state index contributed by atoms with van der Waals surface area (Å²) in [6.07, 6.45) is 4.64. The number of hydrogen-bond acceptors (Lipinski definition) is 2. The van der Waals surface area contributed by atoms with E-state index in [4.69, 9.17) is 0 Å². The van der Waals surface area contributed by atoms with Crippen molar-refractivity contribution in [3.8, 4) is 0 Å². The van der Waals surface area contributed by atoms with Gasteiger partial charge in [0.05, 0.1) is 0 Å². The van der Waals surface area contributed by atoms with E-state index in [9.17, 15) is 0 Å². The van der Waals surface area contributed by atoms with E-state index in [0.717, 1.165) is 25.7 Å². The molecule has 1 saturated heterocycles. The third-order valence-corrected chi connectivity index (χ3v) is 3.56. The number of aryl methyl sites for hydroxylation is 1. The summed E-state index contributed by atoms with van der Waals surface area (Å²) in [4.78, 5) is 3.19.